The van der Waals surface area contributed by atoms with Crippen LogP contribution in [0.4, 0.5) is 5.69 Å². The molecule has 8 nitrogen and oxygen atoms in total. The molecule has 0 aliphatic carbocycles. The largest absolute Gasteiger partial charge is 0.493 e. The number of non-ortho nitro benzene ring substituents is 1. The summed E-state index contributed by atoms with van der Waals surface area (Å²) < 4.78 is 10.4. The predicted molar refractivity (Wildman–Crippen MR) is 70.9 cm³/mol. The number of ether oxygens (including phenoxy) is 2. The number of nitro groups is 1. The van der Waals surface area contributed by atoms with Gasteiger partial charge in [0.2, 0.25) is 0 Å². The van der Waals surface area contributed by atoms with Crippen molar-refractivity contribution in [3.05, 3.63) is 52.3 Å². The lowest BCUT2D eigenvalue weighted by Crippen LogP contribution is -2.03. The van der Waals surface area contributed by atoms with Crippen molar-refractivity contribution < 1.29 is 24.3 Å². The Balaban J connectivity index is 2.45. The number of aromatic carboxylic acids is 1. The van der Waals surface area contributed by atoms with Gasteiger partial charge in [-0.15, -0.1) is 0 Å². The number of carboxylic acids is 1. The van der Waals surface area contributed by atoms with Crippen molar-refractivity contribution >= 4 is 11.7 Å². The lowest BCUT2D eigenvalue weighted by molar-refractivity contribution is -0.384. The van der Waals surface area contributed by atoms with Crippen LogP contribution < -0.4 is 9.47 Å². The number of benzene rings is 1. The average molecular weight is 290 g/mol. The summed E-state index contributed by atoms with van der Waals surface area (Å²) in [6.07, 6.45) is 1.31. The smallest absolute Gasteiger partial charge is 0.358 e. The summed E-state index contributed by atoms with van der Waals surface area (Å²) in [6, 6.07) is 6.66. The third kappa shape index (κ3) is 3.06. The molecule has 0 bridgehead atoms. The van der Waals surface area contributed by atoms with Crippen LogP contribution in [0.3, 0.4) is 0 Å². The van der Waals surface area contributed by atoms with Crippen molar-refractivity contribution in [1.82, 2.24) is 4.98 Å². The molecule has 0 aliphatic heterocycles. The highest BCUT2D eigenvalue weighted by Crippen LogP contribution is 2.35. The number of carboxylic acid groups (broad SMARTS) is 1. The molecule has 0 unspecified atom stereocenters. The molecule has 0 aliphatic rings. The molecule has 0 saturated heterocycles. The molecule has 108 valence electrons. The number of methoxy groups -OCH3 is 1. The van der Waals surface area contributed by atoms with Crippen LogP contribution in [0.2, 0.25) is 0 Å². The second-order valence-corrected chi connectivity index (χ2v) is 3.85. The summed E-state index contributed by atoms with van der Waals surface area (Å²) in [6.45, 7) is 0. The van der Waals surface area contributed by atoms with Crippen LogP contribution in [-0.4, -0.2) is 28.1 Å². The van der Waals surface area contributed by atoms with Gasteiger partial charge in [-0.05, 0) is 18.2 Å². The van der Waals surface area contributed by atoms with Gasteiger partial charge in [-0.1, -0.05) is 0 Å². The van der Waals surface area contributed by atoms with Crippen molar-refractivity contribution in [2.24, 2.45) is 0 Å². The van der Waals surface area contributed by atoms with Crippen molar-refractivity contribution in [3.8, 4) is 17.2 Å². The Labute approximate surface area is 118 Å². The average Bonchev–Trinajstić information content (AvgIpc) is 2.47. The van der Waals surface area contributed by atoms with E-state index in [0.29, 0.717) is 0 Å². The Bertz CT molecular complexity index is 701. The van der Waals surface area contributed by atoms with Crippen LogP contribution in [-0.2, 0) is 0 Å². The molecule has 1 aromatic carbocycles. The predicted octanol–water partition coefficient (Wildman–Crippen LogP) is 2.49. The van der Waals surface area contributed by atoms with E-state index in [1.807, 2.05) is 0 Å². The minimum absolute atomic E-state index is 0.0298. The third-order valence-corrected chi connectivity index (χ3v) is 2.55. The molecule has 0 saturated carbocycles. The van der Waals surface area contributed by atoms with Crippen molar-refractivity contribution in [2.45, 2.75) is 0 Å². The van der Waals surface area contributed by atoms with E-state index in [2.05, 4.69) is 4.98 Å². The summed E-state index contributed by atoms with van der Waals surface area (Å²) in [4.78, 5) is 24.9. The minimum Gasteiger partial charge on any atom is -0.493 e. The molecule has 0 radical (unpaired) electrons. The monoisotopic (exact) mass is 290 g/mol. The first-order chi connectivity index (χ1) is 10.0. The number of nitrogens with zero attached hydrogens (tertiary/aromatic N) is 2. The molecule has 0 amide bonds. The first-order valence-electron chi connectivity index (χ1n) is 5.71. The van der Waals surface area contributed by atoms with Crippen molar-refractivity contribution in [1.29, 1.82) is 0 Å². The lowest BCUT2D eigenvalue weighted by Gasteiger charge is -2.11. The number of hydrogen-bond donors (Lipinski definition) is 1. The number of carbonyl (C=O) groups is 1. The van der Waals surface area contributed by atoms with E-state index in [1.165, 1.54) is 37.6 Å². The van der Waals surface area contributed by atoms with E-state index in [-0.39, 0.29) is 28.6 Å². The van der Waals surface area contributed by atoms with Crippen LogP contribution in [0.5, 0.6) is 17.2 Å². The fourth-order valence-electron chi connectivity index (χ4n) is 1.61. The Morgan fingerprint density at radius 3 is 2.67 bits per heavy atom. The zero-order valence-corrected chi connectivity index (χ0v) is 10.8. The molecule has 1 heterocycles. The molecule has 0 atom stereocenters. The van der Waals surface area contributed by atoms with Gasteiger partial charge in [0.1, 0.15) is 0 Å². The van der Waals surface area contributed by atoms with E-state index >= 15 is 0 Å². The van der Waals surface area contributed by atoms with Crippen LogP contribution >= 0.6 is 0 Å². The maximum absolute atomic E-state index is 11.1. The molecule has 0 spiro atoms. The first kappa shape index (κ1) is 14.3. The van der Waals surface area contributed by atoms with Crippen molar-refractivity contribution in [2.75, 3.05) is 7.11 Å². The van der Waals surface area contributed by atoms with Gasteiger partial charge in [0, 0.05) is 12.3 Å². The van der Waals surface area contributed by atoms with Crippen LogP contribution in [0.15, 0.2) is 36.5 Å². The van der Waals surface area contributed by atoms with Gasteiger partial charge in [0.05, 0.1) is 18.1 Å². The van der Waals surface area contributed by atoms with Gasteiger partial charge in [-0.25, -0.2) is 9.78 Å². The summed E-state index contributed by atoms with van der Waals surface area (Å²) in [5, 5.41) is 19.8. The van der Waals surface area contributed by atoms with E-state index in [1.54, 1.807) is 0 Å². The maximum atomic E-state index is 11.1. The number of pyridine rings is 1. The molecular formula is C13H10N2O6. The number of hydrogen-bond acceptors (Lipinski definition) is 6. The fraction of sp³-hybridized carbons (Fsp3) is 0.0769. The second kappa shape index (κ2) is 5.87. The Kier molecular flexibility index (Phi) is 3.98. The standard InChI is InChI=1S/C13H10N2O6/c1-20-9-5-4-8(15(18)19)7-11(9)21-10-3-2-6-14-12(10)13(16)17/h2-7H,1H3,(H,16,17). The molecule has 21 heavy (non-hydrogen) atoms. The topological polar surface area (TPSA) is 112 Å². The summed E-state index contributed by atoms with van der Waals surface area (Å²) in [5.41, 5.74) is -0.502. The van der Waals surface area contributed by atoms with E-state index in [9.17, 15) is 14.9 Å². The molecule has 1 aromatic heterocycles. The van der Waals surface area contributed by atoms with Crippen LogP contribution in [0, 0.1) is 10.1 Å². The number of aromatic nitrogens is 1. The minimum atomic E-state index is -1.27. The Morgan fingerprint density at radius 1 is 1.29 bits per heavy atom. The highest BCUT2D eigenvalue weighted by atomic mass is 16.6. The molecule has 0 fully saturated rings. The highest BCUT2D eigenvalue weighted by Gasteiger charge is 2.17. The highest BCUT2D eigenvalue weighted by molar-refractivity contribution is 5.88. The van der Waals surface area contributed by atoms with Gasteiger partial charge in [-0.2, -0.15) is 0 Å². The quantitative estimate of drug-likeness (QED) is 0.664. The molecule has 2 aromatic rings. The fourth-order valence-corrected chi connectivity index (χ4v) is 1.61. The molecular weight excluding hydrogens is 280 g/mol. The first-order valence-corrected chi connectivity index (χ1v) is 5.71. The SMILES string of the molecule is COc1ccc([N+](=O)[O-])cc1Oc1cccnc1C(=O)O. The van der Waals surface area contributed by atoms with Gasteiger partial charge in [-0.3, -0.25) is 10.1 Å². The normalized spacial score (nSPS) is 9.95. The van der Waals surface area contributed by atoms with E-state index in [0.717, 1.165) is 6.07 Å². The zero-order chi connectivity index (χ0) is 15.4. The van der Waals surface area contributed by atoms with Gasteiger partial charge in [0.25, 0.3) is 5.69 Å². The van der Waals surface area contributed by atoms with E-state index < -0.39 is 10.9 Å². The Morgan fingerprint density at radius 2 is 2.05 bits per heavy atom. The van der Waals surface area contributed by atoms with Crippen LogP contribution in [0.1, 0.15) is 10.5 Å². The maximum Gasteiger partial charge on any atom is 0.358 e. The van der Waals surface area contributed by atoms with E-state index in [4.69, 9.17) is 14.6 Å². The molecule has 2 rings (SSSR count). The summed E-state index contributed by atoms with van der Waals surface area (Å²) in [5.74, 6) is -1.04. The second-order valence-electron chi connectivity index (χ2n) is 3.85. The number of nitro benzene ring substituents is 1. The van der Waals surface area contributed by atoms with Crippen molar-refractivity contribution in [3.63, 3.8) is 0 Å². The molecule has 1 N–H and O–H groups in total. The number of rotatable bonds is 5. The summed E-state index contributed by atoms with van der Waals surface area (Å²) >= 11 is 0. The lowest BCUT2D eigenvalue weighted by atomic mass is 10.2. The Hall–Kier alpha value is -3.16. The third-order valence-electron chi connectivity index (χ3n) is 2.55. The zero-order valence-electron chi connectivity index (χ0n) is 10.8. The van der Waals surface area contributed by atoms with Gasteiger partial charge in [0.15, 0.2) is 22.9 Å². The van der Waals surface area contributed by atoms with Gasteiger partial charge >= 0.3 is 5.97 Å². The molecule has 8 heteroatoms. The summed E-state index contributed by atoms with van der Waals surface area (Å²) in [7, 11) is 1.37. The van der Waals surface area contributed by atoms with Gasteiger partial charge < -0.3 is 14.6 Å². The van der Waals surface area contributed by atoms with Crippen LogP contribution in [0.25, 0.3) is 0 Å².